The topological polar surface area (TPSA) is 83.5 Å². The SMILES string of the molecule is Cc1ccc(C(=O)NC(C)(CC2C=Nc3ccccc32)C(=O)NCC2(c3ccccn3)CCCCC2)cc1. The van der Waals surface area contributed by atoms with E-state index in [1.807, 2.05) is 74.8 Å². The number of hydrogen-bond acceptors (Lipinski definition) is 4. The van der Waals surface area contributed by atoms with Crippen molar-refractivity contribution < 1.29 is 9.59 Å². The van der Waals surface area contributed by atoms with Crippen molar-refractivity contribution in [1.82, 2.24) is 15.6 Å². The summed E-state index contributed by atoms with van der Waals surface area (Å²) in [5, 5.41) is 6.36. The molecule has 38 heavy (non-hydrogen) atoms. The van der Waals surface area contributed by atoms with Crippen molar-refractivity contribution in [2.45, 2.75) is 69.2 Å². The molecule has 2 unspecified atom stereocenters. The zero-order valence-electron chi connectivity index (χ0n) is 22.2. The average molecular weight is 509 g/mol. The van der Waals surface area contributed by atoms with Crippen LogP contribution in [0.15, 0.2) is 77.9 Å². The van der Waals surface area contributed by atoms with Gasteiger partial charge in [0.1, 0.15) is 5.54 Å². The van der Waals surface area contributed by atoms with Gasteiger partial charge in [0.2, 0.25) is 5.91 Å². The summed E-state index contributed by atoms with van der Waals surface area (Å²) in [6, 6.07) is 21.4. The Labute approximate surface area is 225 Å². The lowest BCUT2D eigenvalue weighted by molar-refractivity contribution is -0.127. The van der Waals surface area contributed by atoms with Crippen LogP contribution < -0.4 is 10.6 Å². The van der Waals surface area contributed by atoms with Gasteiger partial charge in [-0.2, -0.15) is 0 Å². The van der Waals surface area contributed by atoms with Crippen LogP contribution in [0.5, 0.6) is 0 Å². The Morgan fingerprint density at radius 1 is 0.974 bits per heavy atom. The number of aryl methyl sites for hydroxylation is 1. The van der Waals surface area contributed by atoms with Crippen molar-refractivity contribution in [3.05, 3.63) is 95.3 Å². The van der Waals surface area contributed by atoms with Crippen LogP contribution in [0.3, 0.4) is 0 Å². The number of carbonyl (C=O) groups excluding carboxylic acids is 2. The first-order valence-electron chi connectivity index (χ1n) is 13.6. The molecule has 1 fully saturated rings. The highest BCUT2D eigenvalue weighted by Gasteiger charge is 2.41. The standard InChI is InChI=1S/C32H36N4O2/c1-23-13-15-24(16-14-23)29(37)36-31(2,20-25-21-34-27-11-5-4-10-26(25)27)30(38)35-22-32(17-7-3-8-18-32)28-12-6-9-19-33-28/h4-6,9-16,19,21,25H,3,7-8,17-18,20,22H2,1-2H3,(H,35,38)(H,36,37). The Morgan fingerprint density at radius 2 is 1.71 bits per heavy atom. The molecular formula is C32H36N4O2. The number of para-hydroxylation sites is 1. The normalized spacial score (nSPS) is 19.3. The lowest BCUT2D eigenvalue weighted by Gasteiger charge is -2.39. The van der Waals surface area contributed by atoms with Crippen molar-refractivity contribution in [3.8, 4) is 0 Å². The van der Waals surface area contributed by atoms with Gasteiger partial charge in [0, 0.05) is 41.5 Å². The molecule has 2 amide bonds. The summed E-state index contributed by atoms with van der Waals surface area (Å²) >= 11 is 0. The minimum Gasteiger partial charge on any atom is -0.353 e. The molecule has 0 radical (unpaired) electrons. The summed E-state index contributed by atoms with van der Waals surface area (Å²) in [7, 11) is 0. The maximum Gasteiger partial charge on any atom is 0.252 e. The van der Waals surface area contributed by atoms with E-state index in [1.165, 1.54) is 6.42 Å². The molecule has 2 heterocycles. The number of fused-ring (bicyclic) bond motifs is 1. The largest absolute Gasteiger partial charge is 0.353 e. The highest BCUT2D eigenvalue weighted by Crippen LogP contribution is 2.39. The second kappa shape index (κ2) is 10.9. The molecule has 2 aliphatic rings. The quantitative estimate of drug-likeness (QED) is 0.404. The number of nitrogens with zero attached hydrogens (tertiary/aromatic N) is 2. The molecule has 5 rings (SSSR count). The van der Waals surface area contributed by atoms with Crippen LogP contribution in [0.25, 0.3) is 0 Å². The molecular weight excluding hydrogens is 472 g/mol. The number of nitrogens with one attached hydrogen (secondary N) is 2. The van der Waals surface area contributed by atoms with Crippen LogP contribution >= 0.6 is 0 Å². The van der Waals surface area contributed by atoms with Gasteiger partial charge in [0.25, 0.3) is 5.91 Å². The molecule has 1 saturated carbocycles. The van der Waals surface area contributed by atoms with Crippen molar-refractivity contribution >= 4 is 23.7 Å². The summed E-state index contributed by atoms with van der Waals surface area (Å²) in [6.07, 6.45) is 9.53. The van der Waals surface area contributed by atoms with Gasteiger partial charge in [-0.3, -0.25) is 19.6 Å². The van der Waals surface area contributed by atoms with Crippen molar-refractivity contribution in [3.63, 3.8) is 0 Å². The summed E-state index contributed by atoms with van der Waals surface area (Å²) in [4.78, 5) is 36.6. The Morgan fingerprint density at radius 3 is 2.45 bits per heavy atom. The molecule has 1 aliphatic carbocycles. The van der Waals surface area contributed by atoms with Gasteiger partial charge in [0.05, 0.1) is 5.69 Å². The van der Waals surface area contributed by atoms with Crippen LogP contribution in [0.2, 0.25) is 0 Å². The van der Waals surface area contributed by atoms with Gasteiger partial charge in [-0.15, -0.1) is 0 Å². The third kappa shape index (κ3) is 5.40. The molecule has 0 spiro atoms. The Bertz CT molecular complexity index is 1310. The summed E-state index contributed by atoms with van der Waals surface area (Å²) < 4.78 is 0. The molecule has 6 nitrogen and oxygen atoms in total. The van der Waals surface area contributed by atoms with E-state index in [1.54, 1.807) is 12.1 Å². The number of carbonyl (C=O) groups is 2. The minimum atomic E-state index is -1.14. The van der Waals surface area contributed by atoms with Crippen LogP contribution in [0.1, 0.15) is 78.5 Å². The van der Waals surface area contributed by atoms with Gasteiger partial charge < -0.3 is 10.6 Å². The van der Waals surface area contributed by atoms with Gasteiger partial charge in [-0.25, -0.2) is 0 Å². The van der Waals surface area contributed by atoms with Crippen LogP contribution in [0.4, 0.5) is 5.69 Å². The molecule has 6 heteroatoms. The number of hydrogen-bond donors (Lipinski definition) is 2. The van der Waals surface area contributed by atoms with E-state index in [0.717, 1.165) is 48.2 Å². The molecule has 2 N–H and O–H groups in total. The predicted octanol–water partition coefficient (Wildman–Crippen LogP) is 5.79. The third-order valence-electron chi connectivity index (χ3n) is 8.17. The van der Waals surface area contributed by atoms with Crippen molar-refractivity contribution in [1.29, 1.82) is 0 Å². The van der Waals surface area contributed by atoms with Crippen LogP contribution in [-0.2, 0) is 10.2 Å². The monoisotopic (exact) mass is 508 g/mol. The third-order valence-corrected chi connectivity index (χ3v) is 8.17. The smallest absolute Gasteiger partial charge is 0.252 e. The highest BCUT2D eigenvalue weighted by atomic mass is 16.2. The van der Waals surface area contributed by atoms with E-state index in [2.05, 4.69) is 26.7 Å². The fourth-order valence-corrected chi connectivity index (χ4v) is 5.87. The van der Waals surface area contributed by atoms with Crippen LogP contribution in [0, 0.1) is 6.92 Å². The number of amides is 2. The van der Waals surface area contributed by atoms with Gasteiger partial charge in [-0.1, -0.05) is 61.2 Å². The lowest BCUT2D eigenvalue weighted by atomic mass is 9.71. The Hall–Kier alpha value is -3.80. The highest BCUT2D eigenvalue weighted by molar-refractivity contribution is 5.99. The van der Waals surface area contributed by atoms with Crippen molar-refractivity contribution in [2.75, 3.05) is 6.54 Å². The van der Waals surface area contributed by atoms with E-state index < -0.39 is 5.54 Å². The molecule has 2 aromatic carbocycles. The van der Waals surface area contributed by atoms with Gasteiger partial charge >= 0.3 is 0 Å². The maximum atomic E-state index is 14.0. The number of aromatic nitrogens is 1. The minimum absolute atomic E-state index is 0.0697. The molecule has 1 aliphatic heterocycles. The molecule has 1 aromatic heterocycles. The first kappa shape index (κ1) is 25.8. The van der Waals surface area contributed by atoms with E-state index in [9.17, 15) is 9.59 Å². The van der Waals surface area contributed by atoms with E-state index in [-0.39, 0.29) is 23.1 Å². The zero-order valence-corrected chi connectivity index (χ0v) is 22.2. The van der Waals surface area contributed by atoms with Crippen molar-refractivity contribution in [2.24, 2.45) is 4.99 Å². The molecule has 196 valence electrons. The van der Waals surface area contributed by atoms with Gasteiger partial charge in [-0.05, 0) is 69.0 Å². The molecule has 2 atom stereocenters. The first-order chi connectivity index (χ1) is 18.4. The first-order valence-corrected chi connectivity index (χ1v) is 13.6. The Kier molecular flexibility index (Phi) is 7.41. The number of pyridine rings is 1. The maximum absolute atomic E-state index is 14.0. The van der Waals surface area contributed by atoms with E-state index in [4.69, 9.17) is 0 Å². The number of rotatable bonds is 8. The fraction of sp³-hybridized carbons (Fsp3) is 0.375. The van der Waals surface area contributed by atoms with Gasteiger partial charge in [0.15, 0.2) is 0 Å². The summed E-state index contributed by atoms with van der Waals surface area (Å²) in [5.41, 5.74) is 3.30. The predicted molar refractivity (Wildman–Crippen MR) is 151 cm³/mol. The fourth-order valence-electron chi connectivity index (χ4n) is 5.87. The Balaban J connectivity index is 1.40. The average Bonchev–Trinajstić information content (AvgIpc) is 3.35. The van der Waals surface area contributed by atoms with Crippen LogP contribution in [-0.4, -0.2) is 35.1 Å². The lowest BCUT2D eigenvalue weighted by Crippen LogP contribution is -2.59. The molecule has 0 bridgehead atoms. The second-order valence-electron chi connectivity index (χ2n) is 11.0. The van der Waals surface area contributed by atoms with E-state index >= 15 is 0 Å². The van der Waals surface area contributed by atoms with E-state index in [0.29, 0.717) is 18.5 Å². The number of benzene rings is 2. The summed E-state index contributed by atoms with van der Waals surface area (Å²) in [6.45, 7) is 4.31. The zero-order chi connectivity index (χ0) is 26.6. The molecule has 3 aromatic rings. The second-order valence-corrected chi connectivity index (χ2v) is 11.0. The molecule has 0 saturated heterocycles. The number of aliphatic imine (C=N–C) groups is 1. The summed E-state index contributed by atoms with van der Waals surface area (Å²) in [5.74, 6) is -0.515.